The van der Waals surface area contributed by atoms with Gasteiger partial charge in [0.05, 0.1) is 11.6 Å². The third-order valence-electron chi connectivity index (χ3n) is 8.47. The van der Waals surface area contributed by atoms with Crippen LogP contribution in [0.4, 0.5) is 4.39 Å². The highest BCUT2D eigenvalue weighted by Crippen LogP contribution is 2.51. The van der Waals surface area contributed by atoms with Gasteiger partial charge in [-0.1, -0.05) is 48.5 Å². The number of Topliss-reactive ketones (excluding diaryl/α,β-unsaturated/α-hetero) is 2. The molecule has 0 bridgehead atoms. The van der Waals surface area contributed by atoms with Crippen LogP contribution in [-0.2, 0) is 22.6 Å². The molecule has 5 nitrogen and oxygen atoms in total. The van der Waals surface area contributed by atoms with E-state index in [0.29, 0.717) is 34.4 Å². The molecule has 42 heavy (non-hydrogen) atoms. The van der Waals surface area contributed by atoms with Crippen molar-refractivity contribution in [3.05, 3.63) is 116 Å². The van der Waals surface area contributed by atoms with Gasteiger partial charge < -0.3 is 14.4 Å². The molecule has 3 aliphatic rings. The van der Waals surface area contributed by atoms with Crippen LogP contribution in [0.1, 0.15) is 61.1 Å². The van der Waals surface area contributed by atoms with Gasteiger partial charge in [-0.05, 0) is 77.4 Å². The highest BCUT2D eigenvalue weighted by atomic mass is 79.9. The number of rotatable bonds is 8. The van der Waals surface area contributed by atoms with Crippen LogP contribution >= 0.6 is 15.9 Å². The van der Waals surface area contributed by atoms with Crippen molar-refractivity contribution >= 4 is 27.5 Å². The molecule has 2 aliphatic carbocycles. The number of ketones is 2. The smallest absolute Gasteiger partial charge is 0.175 e. The zero-order valence-corrected chi connectivity index (χ0v) is 25.2. The van der Waals surface area contributed by atoms with E-state index in [1.54, 1.807) is 25.3 Å². The molecule has 3 aromatic rings. The molecule has 1 aliphatic heterocycles. The van der Waals surface area contributed by atoms with Gasteiger partial charge in [0.15, 0.2) is 23.1 Å². The second-order valence-corrected chi connectivity index (χ2v) is 11.9. The largest absolute Gasteiger partial charge is 0.493 e. The van der Waals surface area contributed by atoms with Crippen LogP contribution in [0.5, 0.6) is 11.5 Å². The molecule has 0 saturated heterocycles. The number of allylic oxidation sites excluding steroid dienone is 4. The van der Waals surface area contributed by atoms with Crippen molar-refractivity contribution in [2.24, 2.45) is 0 Å². The van der Waals surface area contributed by atoms with Gasteiger partial charge in [0, 0.05) is 53.4 Å². The number of carbonyl (C=O) groups is 2. The first-order valence-corrected chi connectivity index (χ1v) is 15.3. The molecule has 0 unspecified atom stereocenters. The fourth-order valence-corrected chi connectivity index (χ4v) is 7.09. The summed E-state index contributed by atoms with van der Waals surface area (Å²) in [5, 5.41) is 0. The maximum atomic E-state index is 14.3. The molecule has 1 heterocycles. The Morgan fingerprint density at radius 1 is 0.881 bits per heavy atom. The summed E-state index contributed by atoms with van der Waals surface area (Å²) in [6.45, 7) is 0.757. The monoisotopic (exact) mass is 629 g/mol. The molecular weight excluding hydrogens is 597 g/mol. The first-order chi connectivity index (χ1) is 20.5. The Balaban J connectivity index is 1.41. The average molecular weight is 631 g/mol. The number of halogens is 2. The van der Waals surface area contributed by atoms with Crippen LogP contribution in [0, 0.1) is 5.82 Å². The normalized spacial score (nSPS) is 17.4. The number of nitrogens with zero attached hydrogens (tertiary/aromatic N) is 1. The summed E-state index contributed by atoms with van der Waals surface area (Å²) in [5.41, 5.74) is 6.04. The van der Waals surface area contributed by atoms with Gasteiger partial charge in [-0.2, -0.15) is 0 Å². The van der Waals surface area contributed by atoms with E-state index in [1.165, 1.54) is 11.6 Å². The summed E-state index contributed by atoms with van der Waals surface area (Å²) in [7, 11) is 1.56. The summed E-state index contributed by atoms with van der Waals surface area (Å²) in [6.07, 6.45) is 4.99. The zero-order chi connectivity index (χ0) is 29.2. The van der Waals surface area contributed by atoms with E-state index < -0.39 is 5.92 Å². The lowest BCUT2D eigenvalue weighted by Crippen LogP contribution is -2.40. The van der Waals surface area contributed by atoms with E-state index >= 15 is 0 Å². The third-order valence-corrected chi connectivity index (χ3v) is 9.06. The predicted molar refractivity (Wildman–Crippen MR) is 163 cm³/mol. The maximum absolute atomic E-state index is 14.3. The van der Waals surface area contributed by atoms with Gasteiger partial charge in [-0.25, -0.2) is 4.39 Å². The Bertz CT molecular complexity index is 1550. The minimum Gasteiger partial charge on any atom is -0.493 e. The third kappa shape index (κ3) is 5.42. The lowest BCUT2D eigenvalue weighted by Gasteiger charge is -2.44. The molecular formula is C35H33BrFNO4. The number of methoxy groups -OCH3 is 1. The van der Waals surface area contributed by atoms with Crippen LogP contribution in [0.15, 0.2) is 93.7 Å². The van der Waals surface area contributed by atoms with Crippen molar-refractivity contribution < 1.29 is 23.5 Å². The molecule has 0 aromatic heterocycles. The predicted octanol–water partition coefficient (Wildman–Crippen LogP) is 7.83. The molecule has 0 atom stereocenters. The fourth-order valence-electron chi connectivity index (χ4n) is 6.52. The van der Waals surface area contributed by atoms with Gasteiger partial charge in [0.25, 0.3) is 0 Å². The van der Waals surface area contributed by atoms with Crippen molar-refractivity contribution in [3.63, 3.8) is 0 Å². The summed E-state index contributed by atoms with van der Waals surface area (Å²) in [4.78, 5) is 29.7. The number of carbonyl (C=O) groups excluding carboxylic acids is 2. The Morgan fingerprint density at radius 3 is 2.17 bits per heavy atom. The van der Waals surface area contributed by atoms with Crippen LogP contribution in [-0.4, -0.2) is 30.1 Å². The van der Waals surface area contributed by atoms with E-state index in [9.17, 15) is 14.0 Å². The Morgan fingerprint density at radius 2 is 1.52 bits per heavy atom. The second kappa shape index (κ2) is 12.3. The summed E-state index contributed by atoms with van der Waals surface area (Å²) >= 11 is 3.66. The van der Waals surface area contributed by atoms with Crippen molar-refractivity contribution in [2.45, 2.75) is 57.5 Å². The molecule has 0 saturated carbocycles. The highest BCUT2D eigenvalue weighted by molar-refractivity contribution is 9.10. The molecule has 216 valence electrons. The standard InChI is InChI=1S/C35H33BrFNO4/c1-41-31-20-24(19-25(36)35(31)42-21-23-11-5-6-12-26(23)37)32-33-27(13-7-15-29(33)39)38(18-17-22-9-3-2-4-10-22)28-14-8-16-30(40)34(28)32/h2-6,9-12,19-20,32H,7-8,13-18,21H2,1H3. The van der Waals surface area contributed by atoms with Gasteiger partial charge in [-0.15, -0.1) is 0 Å². The topological polar surface area (TPSA) is 55.8 Å². The first-order valence-electron chi connectivity index (χ1n) is 14.5. The highest BCUT2D eigenvalue weighted by Gasteiger charge is 2.43. The fraction of sp³-hybridized carbons (Fsp3) is 0.314. The molecule has 3 aromatic carbocycles. The van der Waals surface area contributed by atoms with Crippen molar-refractivity contribution in [2.75, 3.05) is 13.7 Å². The Hall–Kier alpha value is -3.71. The minimum absolute atomic E-state index is 0.0301. The summed E-state index contributed by atoms with van der Waals surface area (Å²) in [6, 6.07) is 20.6. The molecule has 7 heteroatoms. The number of hydrogen-bond donors (Lipinski definition) is 0. The molecule has 6 rings (SSSR count). The number of benzene rings is 3. The van der Waals surface area contributed by atoms with Gasteiger partial charge in [-0.3, -0.25) is 9.59 Å². The minimum atomic E-state index is -0.464. The molecule has 0 amide bonds. The van der Waals surface area contributed by atoms with Crippen LogP contribution in [0.25, 0.3) is 0 Å². The van der Waals surface area contributed by atoms with E-state index in [1.807, 2.05) is 30.3 Å². The van der Waals surface area contributed by atoms with Gasteiger partial charge in [0.1, 0.15) is 12.4 Å². The Labute approximate surface area is 254 Å². The molecule has 0 N–H and O–H groups in total. The van der Waals surface area contributed by atoms with Crippen molar-refractivity contribution in [1.29, 1.82) is 0 Å². The van der Waals surface area contributed by atoms with Gasteiger partial charge >= 0.3 is 0 Å². The van der Waals surface area contributed by atoms with Crippen LogP contribution < -0.4 is 9.47 Å². The maximum Gasteiger partial charge on any atom is 0.175 e. The average Bonchev–Trinajstić information content (AvgIpc) is 3.00. The van der Waals surface area contributed by atoms with Crippen molar-refractivity contribution in [1.82, 2.24) is 4.90 Å². The van der Waals surface area contributed by atoms with E-state index in [4.69, 9.17) is 9.47 Å². The van der Waals surface area contributed by atoms with E-state index in [-0.39, 0.29) is 24.0 Å². The van der Waals surface area contributed by atoms with Crippen molar-refractivity contribution in [3.8, 4) is 11.5 Å². The number of ether oxygens (including phenoxy) is 2. The molecule has 0 fully saturated rings. The van der Waals surface area contributed by atoms with E-state index in [2.05, 4.69) is 33.0 Å². The lowest BCUT2D eigenvalue weighted by molar-refractivity contribution is -0.117. The quantitative estimate of drug-likeness (QED) is 0.254. The van der Waals surface area contributed by atoms with Crippen LogP contribution in [0.3, 0.4) is 0 Å². The van der Waals surface area contributed by atoms with Gasteiger partial charge in [0.2, 0.25) is 0 Å². The second-order valence-electron chi connectivity index (χ2n) is 11.0. The molecule has 0 radical (unpaired) electrons. The summed E-state index contributed by atoms with van der Waals surface area (Å²) < 4.78 is 26.7. The first kappa shape index (κ1) is 28.4. The SMILES string of the molecule is COc1cc(C2C3=C(CCCC3=O)N(CCc3ccccc3)C3=C2C(=O)CCC3)cc(Br)c1OCc1ccccc1F. The lowest BCUT2D eigenvalue weighted by atomic mass is 9.71. The van der Waals surface area contributed by atoms with Crippen LogP contribution in [0.2, 0.25) is 0 Å². The summed E-state index contributed by atoms with van der Waals surface area (Å²) in [5.74, 6) is 0.302. The Kier molecular flexibility index (Phi) is 8.29. The van der Waals surface area contributed by atoms with E-state index in [0.717, 1.165) is 66.8 Å². The number of hydrogen-bond acceptors (Lipinski definition) is 5. The zero-order valence-electron chi connectivity index (χ0n) is 23.6. The molecule has 0 spiro atoms.